The molecule has 1 heterocycles. The molecule has 0 spiro atoms. The second-order valence-electron chi connectivity index (χ2n) is 4.95. The maximum absolute atomic E-state index is 4.44. The highest BCUT2D eigenvalue weighted by Crippen LogP contribution is 2.35. The van der Waals surface area contributed by atoms with E-state index in [1.807, 2.05) is 13.2 Å². The van der Waals surface area contributed by atoms with E-state index >= 15 is 0 Å². The molecule has 2 rings (SSSR count). The number of nitrogens with zero attached hydrogens (tertiary/aromatic N) is 2. The first kappa shape index (κ1) is 11.6. The van der Waals surface area contributed by atoms with E-state index in [0.29, 0.717) is 6.04 Å². The molecular weight excluding hydrogens is 198 g/mol. The smallest absolute Gasteiger partial charge is 0.0540 e. The van der Waals surface area contributed by atoms with Gasteiger partial charge in [-0.15, -0.1) is 0 Å². The molecule has 90 valence electrons. The molecule has 0 aromatic carbocycles. The third-order valence-corrected chi connectivity index (χ3v) is 3.91. The van der Waals surface area contributed by atoms with Gasteiger partial charge in [0.15, 0.2) is 0 Å². The average molecular weight is 221 g/mol. The van der Waals surface area contributed by atoms with Gasteiger partial charge in [0.1, 0.15) is 0 Å². The Balaban J connectivity index is 2.26. The zero-order chi connectivity index (χ0) is 11.5. The SMILES string of the molecule is CNC(C)c1cnn(C)c1C1CCCCC1. The maximum atomic E-state index is 4.44. The van der Waals surface area contributed by atoms with Crippen LogP contribution in [-0.4, -0.2) is 16.8 Å². The van der Waals surface area contributed by atoms with Gasteiger partial charge < -0.3 is 5.32 Å². The van der Waals surface area contributed by atoms with Crippen molar-refractivity contribution in [2.75, 3.05) is 7.05 Å². The monoisotopic (exact) mass is 221 g/mol. The Bertz CT molecular complexity index is 337. The van der Waals surface area contributed by atoms with Crippen molar-refractivity contribution in [3.8, 4) is 0 Å². The van der Waals surface area contributed by atoms with Crippen molar-refractivity contribution >= 4 is 0 Å². The van der Waals surface area contributed by atoms with Crippen LogP contribution in [-0.2, 0) is 7.05 Å². The summed E-state index contributed by atoms with van der Waals surface area (Å²) in [6.45, 7) is 2.21. The van der Waals surface area contributed by atoms with Crippen LogP contribution in [0.2, 0.25) is 0 Å². The van der Waals surface area contributed by atoms with E-state index in [-0.39, 0.29) is 0 Å². The highest BCUT2D eigenvalue weighted by Gasteiger charge is 2.23. The van der Waals surface area contributed by atoms with E-state index in [9.17, 15) is 0 Å². The van der Waals surface area contributed by atoms with Crippen LogP contribution >= 0.6 is 0 Å². The van der Waals surface area contributed by atoms with Gasteiger partial charge >= 0.3 is 0 Å². The Labute approximate surface area is 98.2 Å². The van der Waals surface area contributed by atoms with Gasteiger partial charge in [-0.3, -0.25) is 4.68 Å². The van der Waals surface area contributed by atoms with Crippen LogP contribution in [0.5, 0.6) is 0 Å². The Kier molecular flexibility index (Phi) is 3.64. The van der Waals surface area contributed by atoms with Crippen molar-refractivity contribution < 1.29 is 0 Å². The largest absolute Gasteiger partial charge is 0.313 e. The van der Waals surface area contributed by atoms with E-state index in [1.165, 1.54) is 43.4 Å². The van der Waals surface area contributed by atoms with Crippen LogP contribution in [0.25, 0.3) is 0 Å². The number of rotatable bonds is 3. The fourth-order valence-electron chi connectivity index (χ4n) is 2.83. The molecule has 0 saturated heterocycles. The van der Waals surface area contributed by atoms with Crippen molar-refractivity contribution in [1.82, 2.24) is 15.1 Å². The first-order chi connectivity index (χ1) is 7.74. The highest BCUT2D eigenvalue weighted by molar-refractivity contribution is 5.25. The van der Waals surface area contributed by atoms with Gasteiger partial charge in [0, 0.05) is 30.3 Å². The summed E-state index contributed by atoms with van der Waals surface area (Å²) in [6, 6.07) is 0.408. The summed E-state index contributed by atoms with van der Waals surface area (Å²) in [4.78, 5) is 0. The molecule has 1 fully saturated rings. The lowest BCUT2D eigenvalue weighted by Gasteiger charge is -2.24. The molecule has 1 aromatic heterocycles. The number of hydrogen-bond donors (Lipinski definition) is 1. The summed E-state index contributed by atoms with van der Waals surface area (Å²) in [7, 11) is 4.10. The van der Waals surface area contributed by atoms with Gasteiger partial charge in [-0.25, -0.2) is 0 Å². The van der Waals surface area contributed by atoms with E-state index in [4.69, 9.17) is 0 Å². The highest BCUT2D eigenvalue weighted by atomic mass is 15.3. The summed E-state index contributed by atoms with van der Waals surface area (Å²) >= 11 is 0. The molecule has 1 aliphatic carbocycles. The third kappa shape index (κ3) is 2.14. The van der Waals surface area contributed by atoms with Crippen LogP contribution in [0.1, 0.15) is 62.2 Å². The van der Waals surface area contributed by atoms with Crippen molar-refractivity contribution in [1.29, 1.82) is 0 Å². The van der Waals surface area contributed by atoms with Gasteiger partial charge in [-0.2, -0.15) is 5.10 Å². The number of aryl methyl sites for hydroxylation is 1. The zero-order valence-corrected chi connectivity index (χ0v) is 10.7. The quantitative estimate of drug-likeness (QED) is 0.850. The molecule has 1 N–H and O–H groups in total. The first-order valence-electron chi connectivity index (χ1n) is 6.43. The van der Waals surface area contributed by atoms with Crippen LogP contribution < -0.4 is 5.32 Å². The molecule has 1 saturated carbocycles. The van der Waals surface area contributed by atoms with Gasteiger partial charge in [-0.1, -0.05) is 19.3 Å². The summed E-state index contributed by atoms with van der Waals surface area (Å²) < 4.78 is 2.08. The average Bonchev–Trinajstić information content (AvgIpc) is 2.71. The lowest BCUT2D eigenvalue weighted by atomic mass is 9.84. The predicted octanol–water partition coefficient (Wildman–Crippen LogP) is 2.75. The van der Waals surface area contributed by atoms with E-state index in [0.717, 1.165) is 5.92 Å². The summed E-state index contributed by atoms with van der Waals surface area (Å²) in [5, 5.41) is 7.76. The molecule has 1 aromatic rings. The van der Waals surface area contributed by atoms with Crippen molar-refractivity contribution in [3.63, 3.8) is 0 Å². The molecule has 0 bridgehead atoms. The Morgan fingerprint density at radius 3 is 2.69 bits per heavy atom. The minimum atomic E-state index is 0.408. The first-order valence-corrected chi connectivity index (χ1v) is 6.43. The fraction of sp³-hybridized carbons (Fsp3) is 0.769. The van der Waals surface area contributed by atoms with Crippen LogP contribution in [0.3, 0.4) is 0 Å². The van der Waals surface area contributed by atoms with Crippen molar-refractivity contribution in [3.05, 3.63) is 17.5 Å². The van der Waals surface area contributed by atoms with E-state index in [1.54, 1.807) is 0 Å². The number of aromatic nitrogens is 2. The predicted molar refractivity (Wildman–Crippen MR) is 66.5 cm³/mol. The molecule has 0 aliphatic heterocycles. The van der Waals surface area contributed by atoms with Crippen LogP contribution in [0, 0.1) is 0 Å². The molecule has 1 atom stereocenters. The second-order valence-corrected chi connectivity index (χ2v) is 4.95. The van der Waals surface area contributed by atoms with Gasteiger partial charge in [0.25, 0.3) is 0 Å². The van der Waals surface area contributed by atoms with Gasteiger partial charge in [-0.05, 0) is 26.8 Å². The van der Waals surface area contributed by atoms with Crippen molar-refractivity contribution in [2.24, 2.45) is 7.05 Å². The molecule has 1 aliphatic rings. The molecule has 0 radical (unpaired) electrons. The molecule has 1 unspecified atom stereocenters. The summed E-state index contributed by atoms with van der Waals surface area (Å²) in [5.41, 5.74) is 2.85. The second kappa shape index (κ2) is 5.00. The Hall–Kier alpha value is -0.830. The van der Waals surface area contributed by atoms with Crippen molar-refractivity contribution in [2.45, 2.75) is 51.0 Å². The molecule has 3 heteroatoms. The van der Waals surface area contributed by atoms with Gasteiger partial charge in [0.05, 0.1) is 6.20 Å². The summed E-state index contributed by atoms with van der Waals surface area (Å²) in [6.07, 6.45) is 8.87. The normalized spacial score (nSPS) is 19.9. The summed E-state index contributed by atoms with van der Waals surface area (Å²) in [5.74, 6) is 0.729. The Morgan fingerprint density at radius 2 is 2.06 bits per heavy atom. The standard InChI is InChI=1S/C13H23N3/c1-10(14-2)12-9-15-16(3)13(12)11-7-5-4-6-8-11/h9-11,14H,4-8H2,1-3H3. The minimum absolute atomic E-state index is 0.408. The molecular formula is C13H23N3. The van der Waals surface area contributed by atoms with E-state index < -0.39 is 0 Å². The van der Waals surface area contributed by atoms with Gasteiger partial charge in [0.2, 0.25) is 0 Å². The minimum Gasteiger partial charge on any atom is -0.313 e. The topological polar surface area (TPSA) is 29.9 Å². The number of hydrogen-bond acceptors (Lipinski definition) is 2. The molecule has 16 heavy (non-hydrogen) atoms. The third-order valence-electron chi connectivity index (χ3n) is 3.91. The maximum Gasteiger partial charge on any atom is 0.0540 e. The molecule has 3 nitrogen and oxygen atoms in total. The van der Waals surface area contributed by atoms with Crippen LogP contribution in [0.15, 0.2) is 6.20 Å². The lowest BCUT2D eigenvalue weighted by Crippen LogP contribution is -2.17. The van der Waals surface area contributed by atoms with E-state index in [2.05, 4.69) is 29.1 Å². The number of nitrogens with one attached hydrogen (secondary N) is 1. The molecule has 0 amide bonds. The lowest BCUT2D eigenvalue weighted by molar-refractivity contribution is 0.419. The fourth-order valence-corrected chi connectivity index (χ4v) is 2.83. The van der Waals surface area contributed by atoms with Crippen LogP contribution in [0.4, 0.5) is 0 Å². The zero-order valence-electron chi connectivity index (χ0n) is 10.7. The Morgan fingerprint density at radius 1 is 1.38 bits per heavy atom.